The van der Waals surface area contributed by atoms with Crippen LogP contribution in [-0.4, -0.2) is 51.7 Å². The number of benzene rings is 1. The summed E-state index contributed by atoms with van der Waals surface area (Å²) in [6.07, 6.45) is 3.42. The molecule has 0 saturated carbocycles. The van der Waals surface area contributed by atoms with E-state index in [1.165, 1.54) is 12.1 Å². The van der Waals surface area contributed by atoms with E-state index in [1.807, 2.05) is 25.7 Å². The van der Waals surface area contributed by atoms with E-state index < -0.39 is 4.92 Å². The van der Waals surface area contributed by atoms with Crippen LogP contribution in [-0.2, 0) is 5.54 Å². The van der Waals surface area contributed by atoms with E-state index in [4.69, 9.17) is 0 Å². The maximum Gasteiger partial charge on any atom is 0.269 e. The Labute approximate surface area is 152 Å². The number of anilines is 1. The van der Waals surface area contributed by atoms with Crippen LogP contribution in [0.25, 0.3) is 0 Å². The third-order valence-electron chi connectivity index (χ3n) is 4.51. The van der Waals surface area contributed by atoms with Gasteiger partial charge in [0.05, 0.1) is 22.2 Å². The molecule has 1 aliphatic rings. The summed E-state index contributed by atoms with van der Waals surface area (Å²) in [4.78, 5) is 27.0. The van der Waals surface area contributed by atoms with Gasteiger partial charge in [0.15, 0.2) is 0 Å². The minimum atomic E-state index is -0.405. The Morgan fingerprint density at radius 3 is 2.23 bits per heavy atom. The molecule has 2 heterocycles. The molecule has 1 aromatic heterocycles. The van der Waals surface area contributed by atoms with E-state index in [9.17, 15) is 14.9 Å². The number of nitro benzene ring substituents is 1. The lowest BCUT2D eigenvalue weighted by Gasteiger charge is -2.36. The largest absolute Gasteiger partial charge is 0.368 e. The number of carbonyl (C=O) groups excluding carboxylic acids is 1. The Balaban J connectivity index is 1.62. The molecule has 1 fully saturated rings. The molecule has 0 bridgehead atoms. The fourth-order valence-corrected chi connectivity index (χ4v) is 2.94. The third-order valence-corrected chi connectivity index (χ3v) is 4.51. The minimum Gasteiger partial charge on any atom is -0.368 e. The predicted octanol–water partition coefficient (Wildman–Crippen LogP) is 2.51. The van der Waals surface area contributed by atoms with Gasteiger partial charge in [0.25, 0.3) is 11.6 Å². The maximum atomic E-state index is 12.7. The molecule has 0 unspecified atom stereocenters. The molecule has 138 valence electrons. The molecule has 8 heteroatoms. The lowest BCUT2D eigenvalue weighted by Crippen LogP contribution is -2.48. The Hall–Kier alpha value is -2.90. The summed E-state index contributed by atoms with van der Waals surface area (Å²) in [7, 11) is 0. The number of rotatable bonds is 3. The highest BCUT2D eigenvalue weighted by molar-refractivity contribution is 5.93. The molecule has 3 rings (SSSR count). The second-order valence-corrected chi connectivity index (χ2v) is 7.40. The first-order chi connectivity index (χ1) is 12.3. The fraction of sp³-hybridized carbons (Fsp3) is 0.444. The van der Waals surface area contributed by atoms with Gasteiger partial charge in [-0.3, -0.25) is 19.6 Å². The topological polar surface area (TPSA) is 84.5 Å². The van der Waals surface area contributed by atoms with Gasteiger partial charge < -0.3 is 9.80 Å². The molecule has 1 saturated heterocycles. The summed E-state index contributed by atoms with van der Waals surface area (Å²) in [5.41, 5.74) is 1.46. The van der Waals surface area contributed by atoms with Crippen molar-refractivity contribution < 1.29 is 9.72 Å². The van der Waals surface area contributed by atoms with Crippen molar-refractivity contribution in [1.29, 1.82) is 0 Å². The van der Waals surface area contributed by atoms with Crippen LogP contribution in [0.2, 0.25) is 0 Å². The lowest BCUT2D eigenvalue weighted by atomic mass is 10.1. The number of carbonyl (C=O) groups is 1. The normalized spacial score (nSPS) is 15.2. The number of non-ortho nitro benzene ring substituents is 1. The first kappa shape index (κ1) is 17.9. The van der Waals surface area contributed by atoms with Crippen molar-refractivity contribution in [3.8, 4) is 0 Å². The van der Waals surface area contributed by atoms with Crippen LogP contribution < -0.4 is 4.90 Å². The van der Waals surface area contributed by atoms with Crippen LogP contribution in [0.5, 0.6) is 0 Å². The molecule has 8 nitrogen and oxygen atoms in total. The number of aromatic nitrogens is 2. The summed E-state index contributed by atoms with van der Waals surface area (Å²) in [6.45, 7) is 8.71. The van der Waals surface area contributed by atoms with Crippen LogP contribution in [0.3, 0.4) is 0 Å². The quantitative estimate of drug-likeness (QED) is 0.622. The van der Waals surface area contributed by atoms with Gasteiger partial charge >= 0.3 is 0 Å². The molecule has 2 aromatic rings. The van der Waals surface area contributed by atoms with Crippen LogP contribution in [0, 0.1) is 10.1 Å². The summed E-state index contributed by atoms with van der Waals surface area (Å²) >= 11 is 0. The van der Waals surface area contributed by atoms with E-state index in [0.717, 1.165) is 5.69 Å². The Kier molecular flexibility index (Phi) is 4.67. The summed E-state index contributed by atoms with van der Waals surface area (Å²) in [5.74, 6) is -0.0103. The van der Waals surface area contributed by atoms with Crippen molar-refractivity contribution in [3.05, 3.63) is 52.3 Å². The van der Waals surface area contributed by atoms with Gasteiger partial charge in [0.2, 0.25) is 0 Å². The molecule has 1 amide bonds. The molecule has 1 aliphatic heterocycles. The van der Waals surface area contributed by atoms with Gasteiger partial charge in [-0.15, -0.1) is 0 Å². The van der Waals surface area contributed by atoms with Crippen LogP contribution >= 0.6 is 0 Å². The molecule has 0 N–H and O–H groups in total. The average Bonchev–Trinajstić information content (AvgIpc) is 3.12. The van der Waals surface area contributed by atoms with Gasteiger partial charge in [-0.2, -0.15) is 5.10 Å². The Bertz CT molecular complexity index is 799. The molecule has 0 atom stereocenters. The lowest BCUT2D eigenvalue weighted by molar-refractivity contribution is -0.384. The van der Waals surface area contributed by atoms with Gasteiger partial charge in [0, 0.05) is 50.2 Å². The van der Waals surface area contributed by atoms with Crippen molar-refractivity contribution in [3.63, 3.8) is 0 Å². The molecule has 1 aromatic carbocycles. The van der Waals surface area contributed by atoms with Crippen LogP contribution in [0.4, 0.5) is 11.4 Å². The maximum absolute atomic E-state index is 12.7. The molecule has 26 heavy (non-hydrogen) atoms. The van der Waals surface area contributed by atoms with Crippen molar-refractivity contribution >= 4 is 17.3 Å². The summed E-state index contributed by atoms with van der Waals surface area (Å²) in [6, 6.07) is 6.52. The van der Waals surface area contributed by atoms with E-state index >= 15 is 0 Å². The third kappa shape index (κ3) is 3.68. The molecule has 0 radical (unpaired) electrons. The standard InChI is InChI=1S/C18H23N5O3/c1-18(2,3)22-13-14(12-19-22)17(24)21-10-8-20(9-11-21)15-4-6-16(7-5-15)23(25)26/h4-7,12-13H,8-11H2,1-3H3. The zero-order valence-electron chi connectivity index (χ0n) is 15.3. The van der Waals surface area contributed by atoms with E-state index in [2.05, 4.69) is 10.00 Å². The summed E-state index contributed by atoms with van der Waals surface area (Å²) in [5, 5.41) is 15.0. The van der Waals surface area contributed by atoms with E-state index in [0.29, 0.717) is 31.7 Å². The predicted molar refractivity (Wildman–Crippen MR) is 98.4 cm³/mol. The Morgan fingerprint density at radius 1 is 1.12 bits per heavy atom. The smallest absolute Gasteiger partial charge is 0.269 e. The first-order valence-electron chi connectivity index (χ1n) is 8.59. The first-order valence-corrected chi connectivity index (χ1v) is 8.59. The highest BCUT2D eigenvalue weighted by Crippen LogP contribution is 2.21. The van der Waals surface area contributed by atoms with Gasteiger partial charge in [-0.05, 0) is 32.9 Å². The highest BCUT2D eigenvalue weighted by atomic mass is 16.6. The summed E-state index contributed by atoms with van der Waals surface area (Å²) < 4.78 is 1.80. The number of amides is 1. The fourth-order valence-electron chi connectivity index (χ4n) is 2.94. The zero-order chi connectivity index (χ0) is 18.9. The van der Waals surface area contributed by atoms with E-state index in [1.54, 1.807) is 29.2 Å². The minimum absolute atomic E-state index is 0.0103. The number of hydrogen-bond acceptors (Lipinski definition) is 5. The molecule has 0 aliphatic carbocycles. The number of piperazine rings is 1. The number of nitro groups is 1. The zero-order valence-corrected chi connectivity index (χ0v) is 15.3. The van der Waals surface area contributed by atoms with Crippen LogP contribution in [0.15, 0.2) is 36.7 Å². The van der Waals surface area contributed by atoms with Gasteiger partial charge in [-0.1, -0.05) is 0 Å². The molecular weight excluding hydrogens is 334 g/mol. The Morgan fingerprint density at radius 2 is 1.73 bits per heavy atom. The monoisotopic (exact) mass is 357 g/mol. The van der Waals surface area contributed by atoms with Gasteiger partial charge in [-0.25, -0.2) is 0 Å². The van der Waals surface area contributed by atoms with Crippen molar-refractivity contribution in [2.24, 2.45) is 0 Å². The molecular formula is C18H23N5O3. The van der Waals surface area contributed by atoms with Crippen molar-refractivity contribution in [2.75, 3.05) is 31.1 Å². The highest BCUT2D eigenvalue weighted by Gasteiger charge is 2.24. The second-order valence-electron chi connectivity index (χ2n) is 7.40. The molecule has 0 spiro atoms. The van der Waals surface area contributed by atoms with Crippen molar-refractivity contribution in [2.45, 2.75) is 26.3 Å². The van der Waals surface area contributed by atoms with Crippen LogP contribution in [0.1, 0.15) is 31.1 Å². The average molecular weight is 357 g/mol. The second kappa shape index (κ2) is 6.78. The van der Waals surface area contributed by atoms with Crippen molar-refractivity contribution in [1.82, 2.24) is 14.7 Å². The van der Waals surface area contributed by atoms with Gasteiger partial charge in [0.1, 0.15) is 0 Å². The van der Waals surface area contributed by atoms with E-state index in [-0.39, 0.29) is 17.1 Å². The number of hydrogen-bond donors (Lipinski definition) is 0. The SMILES string of the molecule is CC(C)(C)n1cc(C(=O)N2CCN(c3ccc([N+](=O)[O-])cc3)CC2)cn1. The number of nitrogens with zero attached hydrogens (tertiary/aromatic N) is 5.